The molecule has 1 amide bonds. The van der Waals surface area contributed by atoms with E-state index in [2.05, 4.69) is 12.2 Å². The molecule has 1 saturated carbocycles. The number of ketones is 1. The lowest BCUT2D eigenvalue weighted by atomic mass is 9.94. The van der Waals surface area contributed by atoms with Gasteiger partial charge in [0, 0.05) is 25.3 Å². The van der Waals surface area contributed by atoms with E-state index in [-0.39, 0.29) is 11.9 Å². The molecule has 3 heteroatoms. The van der Waals surface area contributed by atoms with Crippen LogP contribution in [0.5, 0.6) is 0 Å². The van der Waals surface area contributed by atoms with Gasteiger partial charge in [-0.15, -0.1) is 0 Å². The zero-order valence-corrected chi connectivity index (χ0v) is 8.84. The summed E-state index contributed by atoms with van der Waals surface area (Å²) in [5.74, 6) is 0.482. The highest BCUT2D eigenvalue weighted by molar-refractivity contribution is 5.80. The van der Waals surface area contributed by atoms with Gasteiger partial charge in [-0.05, 0) is 19.3 Å². The Morgan fingerprint density at radius 1 is 1.43 bits per heavy atom. The monoisotopic (exact) mass is 197 g/mol. The highest BCUT2D eigenvalue weighted by Crippen LogP contribution is 2.14. The van der Waals surface area contributed by atoms with Gasteiger partial charge in [0.15, 0.2) is 0 Å². The highest BCUT2D eigenvalue weighted by atomic mass is 16.1. The van der Waals surface area contributed by atoms with Crippen molar-refractivity contribution in [2.24, 2.45) is 0 Å². The maximum absolute atomic E-state index is 11.4. The molecule has 14 heavy (non-hydrogen) atoms. The smallest absolute Gasteiger partial charge is 0.220 e. The molecule has 0 aromatic carbocycles. The number of hydrogen-bond donors (Lipinski definition) is 1. The molecule has 1 aliphatic rings. The Bertz CT molecular complexity index is 203. The summed E-state index contributed by atoms with van der Waals surface area (Å²) in [5.41, 5.74) is 0. The van der Waals surface area contributed by atoms with Crippen LogP contribution in [-0.2, 0) is 9.59 Å². The average molecular weight is 197 g/mol. The van der Waals surface area contributed by atoms with Crippen molar-refractivity contribution in [2.75, 3.05) is 0 Å². The lowest BCUT2D eigenvalue weighted by molar-refractivity contribution is -0.124. The van der Waals surface area contributed by atoms with Crippen molar-refractivity contribution in [3.8, 4) is 0 Å². The number of nitrogens with one attached hydrogen (secondary N) is 1. The fourth-order valence-corrected chi connectivity index (χ4v) is 1.72. The Kier molecular flexibility index (Phi) is 4.63. The first-order valence-corrected chi connectivity index (χ1v) is 5.53. The van der Waals surface area contributed by atoms with Gasteiger partial charge in [0.05, 0.1) is 0 Å². The minimum Gasteiger partial charge on any atom is -0.353 e. The number of hydrogen-bond acceptors (Lipinski definition) is 2. The standard InChI is InChI=1S/C11H19NO2/c1-2-3-4-11(14)12-9-5-7-10(13)8-6-9/h9H,2-8H2,1H3,(H,12,14). The van der Waals surface area contributed by atoms with Crippen molar-refractivity contribution >= 4 is 11.7 Å². The molecule has 0 unspecified atom stereocenters. The summed E-state index contributed by atoms with van der Waals surface area (Å²) in [4.78, 5) is 22.3. The molecule has 1 N–H and O–H groups in total. The van der Waals surface area contributed by atoms with Gasteiger partial charge in [-0.3, -0.25) is 9.59 Å². The van der Waals surface area contributed by atoms with Gasteiger partial charge in [-0.25, -0.2) is 0 Å². The fraction of sp³-hybridized carbons (Fsp3) is 0.818. The predicted molar refractivity (Wildman–Crippen MR) is 54.9 cm³/mol. The van der Waals surface area contributed by atoms with Crippen LogP contribution in [0.15, 0.2) is 0 Å². The lowest BCUT2D eigenvalue weighted by Gasteiger charge is -2.22. The summed E-state index contributed by atoms with van der Waals surface area (Å²) in [6.45, 7) is 2.08. The van der Waals surface area contributed by atoms with Crippen LogP contribution in [0, 0.1) is 0 Å². The molecule has 0 spiro atoms. The van der Waals surface area contributed by atoms with Gasteiger partial charge >= 0.3 is 0 Å². The summed E-state index contributed by atoms with van der Waals surface area (Å²) < 4.78 is 0. The van der Waals surface area contributed by atoms with Crippen molar-refractivity contribution in [3.63, 3.8) is 0 Å². The lowest BCUT2D eigenvalue weighted by Crippen LogP contribution is -2.37. The van der Waals surface area contributed by atoms with Crippen molar-refractivity contribution in [2.45, 2.75) is 57.9 Å². The summed E-state index contributed by atoms with van der Waals surface area (Å²) in [7, 11) is 0. The van der Waals surface area contributed by atoms with E-state index in [9.17, 15) is 9.59 Å². The van der Waals surface area contributed by atoms with Crippen LogP contribution in [0.4, 0.5) is 0 Å². The van der Waals surface area contributed by atoms with E-state index < -0.39 is 0 Å². The Hall–Kier alpha value is -0.860. The first-order valence-electron chi connectivity index (χ1n) is 5.53. The summed E-state index contributed by atoms with van der Waals surface area (Å²) in [6, 6.07) is 0.247. The van der Waals surface area contributed by atoms with Gasteiger partial charge in [0.2, 0.25) is 5.91 Å². The van der Waals surface area contributed by atoms with Crippen LogP contribution in [0.25, 0.3) is 0 Å². The minimum atomic E-state index is 0.145. The maximum atomic E-state index is 11.4. The molecule has 3 nitrogen and oxygen atoms in total. The van der Waals surface area contributed by atoms with Gasteiger partial charge in [0.25, 0.3) is 0 Å². The van der Waals surface area contributed by atoms with Gasteiger partial charge in [-0.1, -0.05) is 13.3 Å². The van der Waals surface area contributed by atoms with Gasteiger partial charge in [0.1, 0.15) is 5.78 Å². The molecule has 0 aliphatic heterocycles. The molecule has 80 valence electrons. The maximum Gasteiger partial charge on any atom is 0.220 e. The Balaban J connectivity index is 2.17. The first kappa shape index (κ1) is 11.2. The van der Waals surface area contributed by atoms with Crippen LogP contribution < -0.4 is 5.32 Å². The molecule has 0 saturated heterocycles. The number of amides is 1. The SMILES string of the molecule is CCCCC(=O)NC1CCC(=O)CC1. The number of carbonyl (C=O) groups is 2. The molecule has 1 aliphatic carbocycles. The third-order valence-electron chi connectivity index (χ3n) is 2.67. The molecule has 0 heterocycles. The number of rotatable bonds is 4. The largest absolute Gasteiger partial charge is 0.353 e. The van der Waals surface area contributed by atoms with Crippen LogP contribution in [0.3, 0.4) is 0 Å². The number of carbonyl (C=O) groups excluding carboxylic acids is 2. The van der Waals surface area contributed by atoms with E-state index in [1.807, 2.05) is 0 Å². The molecular formula is C11H19NO2. The van der Waals surface area contributed by atoms with E-state index in [1.165, 1.54) is 0 Å². The molecular weight excluding hydrogens is 178 g/mol. The van der Waals surface area contributed by atoms with Crippen molar-refractivity contribution in [1.82, 2.24) is 5.32 Å². The zero-order valence-electron chi connectivity index (χ0n) is 8.84. The molecule has 0 radical (unpaired) electrons. The molecule has 0 aromatic rings. The minimum absolute atomic E-state index is 0.145. The molecule has 0 bridgehead atoms. The molecule has 1 rings (SSSR count). The van der Waals surface area contributed by atoms with E-state index in [0.717, 1.165) is 25.7 Å². The molecule has 0 aromatic heterocycles. The fourth-order valence-electron chi connectivity index (χ4n) is 1.72. The molecule has 1 fully saturated rings. The Morgan fingerprint density at radius 2 is 2.07 bits per heavy atom. The van der Waals surface area contributed by atoms with Crippen LogP contribution >= 0.6 is 0 Å². The molecule has 0 atom stereocenters. The first-order chi connectivity index (χ1) is 6.72. The second-order valence-electron chi connectivity index (χ2n) is 3.98. The second-order valence-corrected chi connectivity index (χ2v) is 3.98. The topological polar surface area (TPSA) is 46.2 Å². The summed E-state index contributed by atoms with van der Waals surface area (Å²) in [5, 5.41) is 2.98. The quantitative estimate of drug-likeness (QED) is 0.747. The Labute approximate surface area is 85.3 Å². The van der Waals surface area contributed by atoms with E-state index in [4.69, 9.17) is 0 Å². The number of Topliss-reactive ketones (excluding diaryl/α,β-unsaturated/α-hetero) is 1. The van der Waals surface area contributed by atoms with Crippen molar-refractivity contribution in [3.05, 3.63) is 0 Å². The van der Waals surface area contributed by atoms with Crippen LogP contribution in [-0.4, -0.2) is 17.7 Å². The van der Waals surface area contributed by atoms with Gasteiger partial charge in [-0.2, -0.15) is 0 Å². The third kappa shape index (κ3) is 3.90. The average Bonchev–Trinajstić information content (AvgIpc) is 2.18. The van der Waals surface area contributed by atoms with Crippen molar-refractivity contribution < 1.29 is 9.59 Å². The zero-order chi connectivity index (χ0) is 10.4. The van der Waals surface area contributed by atoms with E-state index in [1.54, 1.807) is 0 Å². The summed E-state index contributed by atoms with van der Waals surface area (Å²) in [6.07, 6.45) is 5.57. The normalized spacial score (nSPS) is 18.2. The number of unbranched alkanes of at least 4 members (excludes halogenated alkanes) is 1. The second kappa shape index (κ2) is 5.78. The van der Waals surface area contributed by atoms with E-state index >= 15 is 0 Å². The highest BCUT2D eigenvalue weighted by Gasteiger charge is 2.19. The summed E-state index contributed by atoms with van der Waals surface area (Å²) >= 11 is 0. The predicted octanol–water partition coefficient (Wildman–Crippen LogP) is 1.80. The van der Waals surface area contributed by atoms with Gasteiger partial charge < -0.3 is 5.32 Å². The van der Waals surface area contributed by atoms with E-state index in [0.29, 0.717) is 25.0 Å². The Morgan fingerprint density at radius 3 is 2.64 bits per heavy atom. The van der Waals surface area contributed by atoms with Crippen molar-refractivity contribution in [1.29, 1.82) is 0 Å². The third-order valence-corrected chi connectivity index (χ3v) is 2.67. The van der Waals surface area contributed by atoms with Crippen LogP contribution in [0.1, 0.15) is 51.9 Å². The van der Waals surface area contributed by atoms with Crippen LogP contribution in [0.2, 0.25) is 0 Å².